The topological polar surface area (TPSA) is 113 Å². The second-order valence-electron chi connectivity index (χ2n) is 5.09. The predicted molar refractivity (Wildman–Crippen MR) is 73.7 cm³/mol. The highest BCUT2D eigenvalue weighted by molar-refractivity contribution is 7.89. The maximum absolute atomic E-state index is 12.3. The van der Waals surface area contributed by atoms with Crippen LogP contribution in [-0.2, 0) is 23.1 Å². The van der Waals surface area contributed by atoms with Crippen LogP contribution in [0.3, 0.4) is 0 Å². The second-order valence-corrected chi connectivity index (χ2v) is 6.77. The van der Waals surface area contributed by atoms with E-state index in [2.05, 4.69) is 25.4 Å². The molecule has 0 bridgehead atoms. The number of aryl methyl sites for hydroxylation is 1. The fraction of sp³-hybridized carbons (Fsp3) is 0.500. The molecule has 2 heterocycles. The summed E-state index contributed by atoms with van der Waals surface area (Å²) in [7, 11) is -3.69. The molecule has 1 fully saturated rings. The van der Waals surface area contributed by atoms with Gasteiger partial charge in [-0.2, -0.15) is 5.10 Å². The molecule has 0 saturated heterocycles. The van der Waals surface area contributed by atoms with Crippen molar-refractivity contribution in [2.45, 2.75) is 43.9 Å². The number of hydrogen-bond acceptors (Lipinski definition) is 6. The summed E-state index contributed by atoms with van der Waals surface area (Å²) in [6.07, 6.45) is 3.75. The van der Waals surface area contributed by atoms with Gasteiger partial charge in [0.05, 0.1) is 12.7 Å². The maximum atomic E-state index is 12.3. The Morgan fingerprint density at radius 3 is 2.90 bits per heavy atom. The van der Waals surface area contributed by atoms with Gasteiger partial charge in [0.15, 0.2) is 10.8 Å². The van der Waals surface area contributed by atoms with Gasteiger partial charge in [-0.05, 0) is 19.8 Å². The molecule has 2 aromatic rings. The van der Waals surface area contributed by atoms with Crippen LogP contribution in [0.5, 0.6) is 0 Å². The Hall–Kier alpha value is -1.71. The van der Waals surface area contributed by atoms with Crippen LogP contribution in [0.15, 0.2) is 21.8 Å². The molecule has 0 atom stereocenters. The number of rotatable bonds is 7. The van der Waals surface area contributed by atoms with Crippen LogP contribution in [0.4, 0.5) is 0 Å². The lowest BCUT2D eigenvalue weighted by atomic mass is 10.2. The van der Waals surface area contributed by atoms with E-state index in [0.29, 0.717) is 23.9 Å². The summed E-state index contributed by atoms with van der Waals surface area (Å²) in [6, 6.07) is 2.10. The van der Waals surface area contributed by atoms with Gasteiger partial charge in [-0.25, -0.2) is 13.1 Å². The minimum Gasteiger partial charge on any atom is -0.360 e. The number of sulfonamides is 1. The summed E-state index contributed by atoms with van der Waals surface area (Å²) >= 11 is 0. The average Bonchev–Trinajstić information content (AvgIpc) is 2.98. The molecule has 1 saturated carbocycles. The molecule has 2 aromatic heterocycles. The summed E-state index contributed by atoms with van der Waals surface area (Å²) in [5, 5.41) is 13.5. The van der Waals surface area contributed by atoms with Gasteiger partial charge in [-0.1, -0.05) is 5.16 Å². The standard InChI is InChI=1S/C12H17N5O3S/c1-8-11(7-13-9-2-3-9)12(17-16-8)21(18,19)15-6-10-4-5-14-20-10/h4-5,9,13,15H,2-3,6-7H2,1H3,(H,16,17). The fourth-order valence-corrected chi connectivity index (χ4v) is 3.15. The van der Waals surface area contributed by atoms with Crippen molar-refractivity contribution in [3.8, 4) is 0 Å². The molecule has 0 spiro atoms. The molecule has 21 heavy (non-hydrogen) atoms. The Morgan fingerprint density at radius 2 is 2.24 bits per heavy atom. The van der Waals surface area contributed by atoms with E-state index in [9.17, 15) is 8.42 Å². The smallest absolute Gasteiger partial charge is 0.260 e. The highest BCUT2D eigenvalue weighted by atomic mass is 32.2. The first kappa shape index (κ1) is 14.2. The first-order valence-electron chi connectivity index (χ1n) is 6.73. The van der Waals surface area contributed by atoms with E-state index >= 15 is 0 Å². The van der Waals surface area contributed by atoms with E-state index < -0.39 is 10.0 Å². The minimum absolute atomic E-state index is 0.0349. The summed E-state index contributed by atoms with van der Waals surface area (Å²) in [5.41, 5.74) is 1.43. The molecule has 0 amide bonds. The molecule has 0 unspecified atom stereocenters. The van der Waals surface area contributed by atoms with Gasteiger partial charge in [0.25, 0.3) is 10.0 Å². The van der Waals surface area contributed by atoms with E-state index in [-0.39, 0.29) is 11.6 Å². The van der Waals surface area contributed by atoms with E-state index in [1.807, 2.05) is 6.92 Å². The quantitative estimate of drug-likeness (QED) is 0.684. The van der Waals surface area contributed by atoms with E-state index in [4.69, 9.17) is 4.52 Å². The molecule has 0 aliphatic heterocycles. The molecule has 3 N–H and O–H groups in total. The predicted octanol–water partition coefficient (Wildman–Crippen LogP) is 0.437. The molecule has 1 aliphatic carbocycles. The monoisotopic (exact) mass is 311 g/mol. The van der Waals surface area contributed by atoms with Crippen molar-refractivity contribution in [3.05, 3.63) is 29.3 Å². The zero-order valence-corrected chi connectivity index (χ0v) is 12.4. The first-order valence-corrected chi connectivity index (χ1v) is 8.21. The average molecular weight is 311 g/mol. The Labute approximate surface area is 122 Å². The third-order valence-electron chi connectivity index (χ3n) is 3.36. The van der Waals surface area contributed by atoms with Gasteiger partial charge < -0.3 is 9.84 Å². The number of nitrogens with zero attached hydrogens (tertiary/aromatic N) is 2. The van der Waals surface area contributed by atoms with Crippen LogP contribution >= 0.6 is 0 Å². The van der Waals surface area contributed by atoms with Crippen LogP contribution in [0, 0.1) is 6.92 Å². The third kappa shape index (κ3) is 3.31. The van der Waals surface area contributed by atoms with Gasteiger partial charge in [-0.15, -0.1) is 0 Å². The molecule has 114 valence electrons. The molecular formula is C12H17N5O3S. The van der Waals surface area contributed by atoms with Gasteiger partial charge >= 0.3 is 0 Å². The number of hydrogen-bond donors (Lipinski definition) is 3. The molecule has 0 radical (unpaired) electrons. The number of nitrogens with one attached hydrogen (secondary N) is 3. The van der Waals surface area contributed by atoms with Crippen molar-refractivity contribution in [1.82, 2.24) is 25.4 Å². The van der Waals surface area contributed by atoms with E-state index in [1.165, 1.54) is 6.20 Å². The van der Waals surface area contributed by atoms with Crippen LogP contribution in [-0.4, -0.2) is 29.8 Å². The number of H-pyrrole nitrogens is 1. The van der Waals surface area contributed by atoms with Crippen molar-refractivity contribution < 1.29 is 12.9 Å². The Bertz CT molecular complexity index is 703. The lowest BCUT2D eigenvalue weighted by Gasteiger charge is -2.07. The van der Waals surface area contributed by atoms with E-state index in [0.717, 1.165) is 18.5 Å². The van der Waals surface area contributed by atoms with Crippen molar-refractivity contribution in [2.75, 3.05) is 0 Å². The molecule has 8 nitrogen and oxygen atoms in total. The van der Waals surface area contributed by atoms with E-state index in [1.54, 1.807) is 6.07 Å². The number of aromatic amines is 1. The van der Waals surface area contributed by atoms with Crippen molar-refractivity contribution in [3.63, 3.8) is 0 Å². The summed E-state index contributed by atoms with van der Waals surface area (Å²) in [6.45, 7) is 2.35. The highest BCUT2D eigenvalue weighted by Crippen LogP contribution is 2.22. The largest absolute Gasteiger partial charge is 0.360 e. The normalized spacial score (nSPS) is 15.5. The van der Waals surface area contributed by atoms with Gasteiger partial charge in [0.1, 0.15) is 0 Å². The molecule has 1 aliphatic rings. The van der Waals surface area contributed by atoms with Crippen LogP contribution in [0.2, 0.25) is 0 Å². The minimum atomic E-state index is -3.69. The zero-order valence-electron chi connectivity index (χ0n) is 11.6. The van der Waals surface area contributed by atoms with Gasteiger partial charge in [0, 0.05) is 29.9 Å². The summed E-state index contributed by atoms with van der Waals surface area (Å²) in [5.74, 6) is 0.448. The second kappa shape index (κ2) is 5.58. The Kier molecular flexibility index (Phi) is 3.79. The SMILES string of the molecule is Cc1[nH]nc(S(=O)(=O)NCc2ccno2)c1CNC1CC1. The molecule has 0 aromatic carbocycles. The van der Waals surface area contributed by atoms with Crippen LogP contribution < -0.4 is 10.0 Å². The lowest BCUT2D eigenvalue weighted by Crippen LogP contribution is -2.26. The highest BCUT2D eigenvalue weighted by Gasteiger charge is 2.26. The molecular weight excluding hydrogens is 294 g/mol. The molecule has 3 rings (SSSR count). The maximum Gasteiger partial charge on any atom is 0.260 e. The van der Waals surface area contributed by atoms with Gasteiger partial charge in [0.2, 0.25) is 0 Å². The summed E-state index contributed by atoms with van der Waals surface area (Å²) < 4.78 is 32.0. The Balaban J connectivity index is 1.74. The van der Waals surface area contributed by atoms with Crippen molar-refractivity contribution in [2.24, 2.45) is 0 Å². The van der Waals surface area contributed by atoms with Crippen molar-refractivity contribution in [1.29, 1.82) is 0 Å². The van der Waals surface area contributed by atoms with Crippen LogP contribution in [0.1, 0.15) is 29.9 Å². The first-order chi connectivity index (χ1) is 10.1. The fourth-order valence-electron chi connectivity index (χ4n) is 1.96. The van der Waals surface area contributed by atoms with Crippen molar-refractivity contribution >= 4 is 10.0 Å². The zero-order chi connectivity index (χ0) is 14.9. The van der Waals surface area contributed by atoms with Gasteiger partial charge in [-0.3, -0.25) is 5.10 Å². The lowest BCUT2D eigenvalue weighted by molar-refractivity contribution is 0.380. The Morgan fingerprint density at radius 1 is 1.43 bits per heavy atom. The van der Waals surface area contributed by atoms with Crippen LogP contribution in [0.25, 0.3) is 0 Å². The summed E-state index contributed by atoms with van der Waals surface area (Å²) in [4.78, 5) is 0. The number of aromatic nitrogens is 3. The molecule has 9 heteroatoms. The third-order valence-corrected chi connectivity index (χ3v) is 4.73.